The molecule has 0 saturated carbocycles. The molecule has 1 aromatic heterocycles. The molecule has 0 fully saturated rings. The first-order valence-corrected chi connectivity index (χ1v) is 5.91. The summed E-state index contributed by atoms with van der Waals surface area (Å²) in [6.45, 7) is 1.96. The lowest BCUT2D eigenvalue weighted by atomic mass is 10.2. The molecule has 0 saturated heterocycles. The highest BCUT2D eigenvalue weighted by Crippen LogP contribution is 1.93. The maximum absolute atomic E-state index is 11.6. The number of nitrogens with one attached hydrogen (secondary N) is 2. The predicted octanol–water partition coefficient (Wildman–Crippen LogP) is -0.594. The topological polar surface area (TPSA) is 116 Å². The van der Waals surface area contributed by atoms with Crippen molar-refractivity contribution in [1.29, 1.82) is 0 Å². The number of urea groups is 1. The molecule has 1 aromatic rings. The Balaban J connectivity index is 2.38. The number of aliphatic hydroxyl groups excluding tert-OH is 1. The standard InChI is InChI=1S/C11H18N4O4/c1-8(7-15-5-2-4-12-15)13-11(19)14-9(3-6-16)10(17)18/h2,4-5,8-9,16H,3,6-7H2,1H3,(H,17,18)(H2,13,14,19)/t8?,9-/m0/s1. The van der Waals surface area contributed by atoms with Crippen molar-refractivity contribution >= 4 is 12.0 Å². The highest BCUT2D eigenvalue weighted by atomic mass is 16.4. The van der Waals surface area contributed by atoms with E-state index in [-0.39, 0.29) is 19.1 Å². The SMILES string of the molecule is CC(Cn1cccn1)NC(=O)N[C@@H](CCO)C(=O)O. The summed E-state index contributed by atoms with van der Waals surface area (Å²) >= 11 is 0. The zero-order valence-corrected chi connectivity index (χ0v) is 10.6. The summed E-state index contributed by atoms with van der Waals surface area (Å²) in [6.07, 6.45) is 3.37. The van der Waals surface area contributed by atoms with Crippen molar-refractivity contribution in [3.05, 3.63) is 18.5 Å². The van der Waals surface area contributed by atoms with Gasteiger partial charge in [-0.2, -0.15) is 5.10 Å². The first-order chi connectivity index (χ1) is 9.02. The Morgan fingerprint density at radius 3 is 2.68 bits per heavy atom. The van der Waals surface area contributed by atoms with Crippen LogP contribution in [0.2, 0.25) is 0 Å². The summed E-state index contributed by atoms with van der Waals surface area (Å²) in [5.74, 6) is -1.18. The molecule has 19 heavy (non-hydrogen) atoms. The van der Waals surface area contributed by atoms with Crippen LogP contribution >= 0.6 is 0 Å². The van der Waals surface area contributed by atoms with E-state index >= 15 is 0 Å². The Morgan fingerprint density at radius 1 is 1.42 bits per heavy atom. The van der Waals surface area contributed by atoms with Crippen molar-refractivity contribution in [2.45, 2.75) is 32.0 Å². The molecular weight excluding hydrogens is 252 g/mol. The lowest BCUT2D eigenvalue weighted by Gasteiger charge is -2.17. The number of amides is 2. The van der Waals surface area contributed by atoms with Gasteiger partial charge >= 0.3 is 12.0 Å². The van der Waals surface area contributed by atoms with E-state index in [0.29, 0.717) is 6.54 Å². The molecule has 0 aliphatic carbocycles. The second kappa shape index (κ2) is 7.37. The van der Waals surface area contributed by atoms with Crippen LogP contribution in [0.25, 0.3) is 0 Å². The number of carbonyl (C=O) groups excluding carboxylic acids is 1. The molecule has 2 atom stereocenters. The smallest absolute Gasteiger partial charge is 0.326 e. The van der Waals surface area contributed by atoms with E-state index in [0.717, 1.165) is 0 Å². The molecule has 1 heterocycles. The quantitative estimate of drug-likeness (QED) is 0.528. The van der Waals surface area contributed by atoms with Crippen LogP contribution in [0.4, 0.5) is 4.79 Å². The summed E-state index contributed by atoms with van der Waals surface area (Å²) in [5.41, 5.74) is 0. The number of aliphatic carboxylic acids is 1. The van der Waals surface area contributed by atoms with Gasteiger partial charge in [0, 0.05) is 31.5 Å². The molecule has 106 valence electrons. The van der Waals surface area contributed by atoms with Crippen LogP contribution < -0.4 is 10.6 Å². The number of nitrogens with zero attached hydrogens (tertiary/aromatic N) is 2. The predicted molar refractivity (Wildman–Crippen MR) is 66.5 cm³/mol. The number of hydrogen-bond donors (Lipinski definition) is 4. The number of carboxylic acids is 1. The number of carboxylic acid groups (broad SMARTS) is 1. The van der Waals surface area contributed by atoms with Gasteiger partial charge < -0.3 is 20.8 Å². The highest BCUT2D eigenvalue weighted by Gasteiger charge is 2.19. The van der Waals surface area contributed by atoms with E-state index in [1.54, 1.807) is 30.1 Å². The summed E-state index contributed by atoms with van der Waals surface area (Å²) in [7, 11) is 0. The summed E-state index contributed by atoms with van der Waals surface area (Å²) in [4.78, 5) is 22.4. The number of carbonyl (C=O) groups is 2. The molecule has 0 aromatic carbocycles. The van der Waals surface area contributed by atoms with E-state index in [9.17, 15) is 9.59 Å². The van der Waals surface area contributed by atoms with Crippen LogP contribution in [0.15, 0.2) is 18.5 Å². The van der Waals surface area contributed by atoms with Crippen molar-refractivity contribution in [3.63, 3.8) is 0 Å². The molecule has 0 aliphatic heterocycles. The van der Waals surface area contributed by atoms with Crippen molar-refractivity contribution in [1.82, 2.24) is 20.4 Å². The van der Waals surface area contributed by atoms with Crippen LogP contribution in [-0.2, 0) is 11.3 Å². The molecular formula is C11H18N4O4. The first kappa shape index (κ1) is 15.0. The van der Waals surface area contributed by atoms with Gasteiger partial charge in [0.05, 0.1) is 6.54 Å². The fraction of sp³-hybridized carbons (Fsp3) is 0.545. The van der Waals surface area contributed by atoms with Crippen molar-refractivity contribution in [3.8, 4) is 0 Å². The zero-order chi connectivity index (χ0) is 14.3. The van der Waals surface area contributed by atoms with Crippen LogP contribution in [0.1, 0.15) is 13.3 Å². The molecule has 0 bridgehead atoms. The number of aliphatic hydroxyl groups is 1. The molecule has 2 amide bonds. The summed E-state index contributed by atoms with van der Waals surface area (Å²) in [5, 5.41) is 26.4. The van der Waals surface area contributed by atoms with Gasteiger partial charge in [0.1, 0.15) is 6.04 Å². The van der Waals surface area contributed by atoms with E-state index in [1.165, 1.54) is 0 Å². The number of aromatic nitrogens is 2. The van der Waals surface area contributed by atoms with Gasteiger partial charge in [0.2, 0.25) is 0 Å². The molecule has 1 rings (SSSR count). The Morgan fingerprint density at radius 2 is 2.16 bits per heavy atom. The third-order valence-corrected chi connectivity index (χ3v) is 2.42. The van der Waals surface area contributed by atoms with Crippen LogP contribution in [0.3, 0.4) is 0 Å². The minimum absolute atomic E-state index is 0.0315. The van der Waals surface area contributed by atoms with E-state index in [1.807, 2.05) is 0 Å². The Bertz CT molecular complexity index is 407. The number of hydrogen-bond acceptors (Lipinski definition) is 4. The number of rotatable bonds is 7. The van der Waals surface area contributed by atoms with Crippen molar-refractivity contribution in [2.24, 2.45) is 0 Å². The normalized spacial score (nSPS) is 13.6. The molecule has 8 heteroatoms. The van der Waals surface area contributed by atoms with Gasteiger partial charge in [-0.05, 0) is 13.0 Å². The Labute approximate surface area is 110 Å². The average molecular weight is 270 g/mol. The van der Waals surface area contributed by atoms with Gasteiger partial charge in [0.25, 0.3) is 0 Å². The lowest BCUT2D eigenvalue weighted by molar-refractivity contribution is -0.139. The van der Waals surface area contributed by atoms with E-state index < -0.39 is 18.0 Å². The third-order valence-electron chi connectivity index (χ3n) is 2.42. The van der Waals surface area contributed by atoms with Crippen molar-refractivity contribution in [2.75, 3.05) is 6.61 Å². The lowest BCUT2D eigenvalue weighted by Crippen LogP contribution is -2.49. The Hall–Kier alpha value is -2.09. The maximum Gasteiger partial charge on any atom is 0.326 e. The third kappa shape index (κ3) is 5.38. The minimum Gasteiger partial charge on any atom is -0.480 e. The Kier molecular flexibility index (Phi) is 5.80. The van der Waals surface area contributed by atoms with Crippen LogP contribution in [-0.4, -0.2) is 50.7 Å². The fourth-order valence-corrected chi connectivity index (χ4v) is 1.54. The monoisotopic (exact) mass is 270 g/mol. The fourth-order valence-electron chi connectivity index (χ4n) is 1.54. The van der Waals surface area contributed by atoms with Crippen LogP contribution in [0, 0.1) is 0 Å². The summed E-state index contributed by atoms with van der Waals surface area (Å²) < 4.78 is 1.66. The van der Waals surface area contributed by atoms with Crippen LogP contribution in [0.5, 0.6) is 0 Å². The average Bonchev–Trinajstić information content (AvgIpc) is 2.80. The summed E-state index contributed by atoms with van der Waals surface area (Å²) in [6, 6.07) is -0.111. The zero-order valence-electron chi connectivity index (χ0n) is 10.6. The second-order valence-electron chi connectivity index (χ2n) is 4.15. The maximum atomic E-state index is 11.6. The first-order valence-electron chi connectivity index (χ1n) is 5.91. The van der Waals surface area contributed by atoms with Gasteiger partial charge in [-0.1, -0.05) is 0 Å². The van der Waals surface area contributed by atoms with E-state index in [2.05, 4.69) is 15.7 Å². The largest absolute Gasteiger partial charge is 0.480 e. The molecule has 0 aliphatic rings. The van der Waals surface area contributed by atoms with Gasteiger partial charge in [-0.25, -0.2) is 9.59 Å². The molecule has 8 nitrogen and oxygen atoms in total. The van der Waals surface area contributed by atoms with Crippen molar-refractivity contribution < 1.29 is 19.8 Å². The highest BCUT2D eigenvalue weighted by molar-refractivity contribution is 5.82. The molecule has 0 radical (unpaired) electrons. The second-order valence-corrected chi connectivity index (χ2v) is 4.15. The molecule has 1 unspecified atom stereocenters. The van der Waals surface area contributed by atoms with Gasteiger partial charge in [-0.15, -0.1) is 0 Å². The van der Waals surface area contributed by atoms with Gasteiger partial charge in [0.15, 0.2) is 0 Å². The molecule has 0 spiro atoms. The minimum atomic E-state index is -1.18. The van der Waals surface area contributed by atoms with Gasteiger partial charge in [-0.3, -0.25) is 4.68 Å². The van der Waals surface area contributed by atoms with E-state index in [4.69, 9.17) is 10.2 Å². The molecule has 4 N–H and O–H groups in total.